The fourth-order valence-electron chi connectivity index (χ4n) is 3.97. The van der Waals surface area contributed by atoms with Crippen LogP contribution in [0.15, 0.2) is 24.3 Å². The first kappa shape index (κ1) is 29.2. The minimum absolute atomic E-state index is 0.0443. The molecule has 0 spiro atoms. The summed E-state index contributed by atoms with van der Waals surface area (Å²) >= 11 is 0. The quantitative estimate of drug-likeness (QED) is 0.370. The molecule has 0 aromatic heterocycles. The Morgan fingerprint density at radius 1 is 0.722 bits per heavy atom. The number of carbonyl (C=O) groups is 2. The van der Waals surface area contributed by atoms with E-state index in [1.807, 2.05) is 6.92 Å². The molecule has 0 bridgehead atoms. The number of hydrogen-bond donors (Lipinski definition) is 0. The van der Waals surface area contributed by atoms with Gasteiger partial charge in [0.2, 0.25) is 0 Å². The minimum Gasteiger partial charge on any atom is -0.481 e. The SMILES string of the molecule is CCOC(=O)COc1c(-c2cc(C)cc(C(C)(C)C)c2)cc(C(C)(C)C)c(OCC(=O)OCC)c1C. The van der Waals surface area contributed by atoms with E-state index in [2.05, 4.69) is 72.7 Å². The van der Waals surface area contributed by atoms with Gasteiger partial charge in [0.25, 0.3) is 0 Å². The number of hydrogen-bond acceptors (Lipinski definition) is 6. The molecule has 0 heterocycles. The summed E-state index contributed by atoms with van der Waals surface area (Å²) in [7, 11) is 0. The van der Waals surface area contributed by atoms with Crippen LogP contribution < -0.4 is 9.47 Å². The Kier molecular flexibility index (Phi) is 9.58. The zero-order valence-electron chi connectivity index (χ0n) is 23.6. The second-order valence-corrected chi connectivity index (χ2v) is 11.0. The molecule has 0 radical (unpaired) electrons. The van der Waals surface area contributed by atoms with Crippen LogP contribution in [-0.2, 0) is 29.9 Å². The number of carbonyl (C=O) groups excluding carboxylic acids is 2. The summed E-state index contributed by atoms with van der Waals surface area (Å²) in [6.07, 6.45) is 0. The summed E-state index contributed by atoms with van der Waals surface area (Å²) in [6.45, 7) is 20.4. The van der Waals surface area contributed by atoms with Gasteiger partial charge in [0, 0.05) is 16.7 Å². The third-order valence-corrected chi connectivity index (χ3v) is 5.80. The summed E-state index contributed by atoms with van der Waals surface area (Å²) in [5, 5.41) is 0. The van der Waals surface area contributed by atoms with Crippen molar-refractivity contribution in [3.8, 4) is 22.6 Å². The molecule has 0 fully saturated rings. The molecule has 0 saturated carbocycles. The van der Waals surface area contributed by atoms with Gasteiger partial charge in [0.15, 0.2) is 13.2 Å². The van der Waals surface area contributed by atoms with Gasteiger partial charge in [-0.1, -0.05) is 65.3 Å². The van der Waals surface area contributed by atoms with E-state index in [-0.39, 0.29) is 37.3 Å². The van der Waals surface area contributed by atoms with E-state index in [0.717, 1.165) is 22.3 Å². The van der Waals surface area contributed by atoms with E-state index in [4.69, 9.17) is 18.9 Å². The molecule has 0 N–H and O–H groups in total. The number of ether oxygens (including phenoxy) is 4. The van der Waals surface area contributed by atoms with Gasteiger partial charge in [-0.15, -0.1) is 0 Å². The van der Waals surface area contributed by atoms with Crippen LogP contribution in [0.3, 0.4) is 0 Å². The highest BCUT2D eigenvalue weighted by Gasteiger charge is 2.28. The minimum atomic E-state index is -0.448. The maximum Gasteiger partial charge on any atom is 0.344 e. The number of benzene rings is 2. The van der Waals surface area contributed by atoms with Gasteiger partial charge in [-0.05, 0) is 55.7 Å². The lowest BCUT2D eigenvalue weighted by molar-refractivity contribution is -0.146. The first-order valence-corrected chi connectivity index (χ1v) is 12.6. The average Bonchev–Trinajstić information content (AvgIpc) is 2.75. The topological polar surface area (TPSA) is 71.1 Å². The number of rotatable bonds is 9. The molecule has 0 aliphatic carbocycles. The van der Waals surface area contributed by atoms with Crippen molar-refractivity contribution in [2.75, 3.05) is 26.4 Å². The lowest BCUT2D eigenvalue weighted by atomic mass is 9.81. The molecular formula is C30H42O6. The van der Waals surface area contributed by atoms with Crippen LogP contribution >= 0.6 is 0 Å². The summed E-state index contributed by atoms with van der Waals surface area (Å²) in [6, 6.07) is 8.53. The van der Waals surface area contributed by atoms with Crippen molar-refractivity contribution in [3.63, 3.8) is 0 Å². The second kappa shape index (κ2) is 11.8. The Labute approximate surface area is 216 Å². The molecule has 0 saturated heterocycles. The van der Waals surface area contributed by atoms with Crippen molar-refractivity contribution in [1.29, 1.82) is 0 Å². The molecule has 36 heavy (non-hydrogen) atoms. The van der Waals surface area contributed by atoms with Crippen molar-refractivity contribution in [3.05, 3.63) is 46.5 Å². The molecule has 0 aliphatic heterocycles. The van der Waals surface area contributed by atoms with Crippen LogP contribution in [0, 0.1) is 13.8 Å². The largest absolute Gasteiger partial charge is 0.481 e. The molecule has 198 valence electrons. The van der Waals surface area contributed by atoms with E-state index >= 15 is 0 Å². The monoisotopic (exact) mass is 498 g/mol. The summed E-state index contributed by atoms with van der Waals surface area (Å²) < 4.78 is 22.3. The van der Waals surface area contributed by atoms with Crippen LogP contribution in [-0.4, -0.2) is 38.4 Å². The molecule has 0 unspecified atom stereocenters. The lowest BCUT2D eigenvalue weighted by Crippen LogP contribution is -2.21. The zero-order valence-corrected chi connectivity index (χ0v) is 23.6. The van der Waals surface area contributed by atoms with Gasteiger partial charge in [-0.3, -0.25) is 0 Å². The molecule has 2 aromatic rings. The van der Waals surface area contributed by atoms with Crippen LogP contribution in [0.1, 0.15) is 77.6 Å². The van der Waals surface area contributed by atoms with Gasteiger partial charge in [0.05, 0.1) is 13.2 Å². The van der Waals surface area contributed by atoms with Gasteiger partial charge in [-0.25, -0.2) is 9.59 Å². The van der Waals surface area contributed by atoms with Gasteiger partial charge in [0.1, 0.15) is 11.5 Å². The number of esters is 2. The van der Waals surface area contributed by atoms with Crippen molar-refractivity contribution in [2.24, 2.45) is 0 Å². The van der Waals surface area contributed by atoms with Crippen LogP contribution in [0.25, 0.3) is 11.1 Å². The highest BCUT2D eigenvalue weighted by molar-refractivity contribution is 5.79. The Bertz CT molecular complexity index is 1090. The van der Waals surface area contributed by atoms with Crippen molar-refractivity contribution < 1.29 is 28.5 Å². The standard InChI is InChI=1S/C30H42O6/c1-11-33-25(31)17-35-27-20(4)28(36-18-26(32)34-12-2)24(30(8,9)10)16-23(27)21-13-19(3)14-22(15-21)29(5,6)7/h13-16H,11-12,17-18H2,1-10H3. The van der Waals surface area contributed by atoms with Crippen LogP contribution in [0.2, 0.25) is 0 Å². The fourth-order valence-corrected chi connectivity index (χ4v) is 3.97. The van der Waals surface area contributed by atoms with Gasteiger partial charge >= 0.3 is 11.9 Å². The van der Waals surface area contributed by atoms with Crippen molar-refractivity contribution >= 4 is 11.9 Å². The van der Waals surface area contributed by atoms with Crippen LogP contribution in [0.4, 0.5) is 0 Å². The fraction of sp³-hybridized carbons (Fsp3) is 0.533. The van der Waals surface area contributed by atoms with E-state index in [1.165, 1.54) is 5.56 Å². The average molecular weight is 499 g/mol. The Morgan fingerprint density at radius 3 is 1.72 bits per heavy atom. The molecular weight excluding hydrogens is 456 g/mol. The smallest absolute Gasteiger partial charge is 0.344 e. The summed E-state index contributed by atoms with van der Waals surface area (Å²) in [4.78, 5) is 24.3. The normalized spacial score (nSPS) is 11.7. The Hall–Kier alpha value is -3.02. The van der Waals surface area contributed by atoms with Crippen LogP contribution in [0.5, 0.6) is 11.5 Å². The molecule has 0 aliphatic rings. The van der Waals surface area contributed by atoms with Crippen molar-refractivity contribution in [2.45, 2.75) is 80.1 Å². The Morgan fingerprint density at radius 2 is 1.25 bits per heavy atom. The molecule has 2 rings (SSSR count). The maximum absolute atomic E-state index is 12.2. The summed E-state index contributed by atoms with van der Waals surface area (Å²) in [5.74, 6) is 0.196. The maximum atomic E-state index is 12.2. The number of aryl methyl sites for hydroxylation is 1. The van der Waals surface area contributed by atoms with Gasteiger partial charge in [-0.2, -0.15) is 0 Å². The predicted octanol–water partition coefficient (Wildman–Crippen LogP) is 6.45. The third-order valence-electron chi connectivity index (χ3n) is 5.80. The third kappa shape index (κ3) is 7.49. The lowest BCUT2D eigenvalue weighted by Gasteiger charge is -2.28. The highest BCUT2D eigenvalue weighted by atomic mass is 16.6. The predicted molar refractivity (Wildman–Crippen MR) is 143 cm³/mol. The Balaban J connectivity index is 2.77. The first-order valence-electron chi connectivity index (χ1n) is 12.6. The van der Waals surface area contributed by atoms with E-state index in [0.29, 0.717) is 17.1 Å². The van der Waals surface area contributed by atoms with E-state index in [1.54, 1.807) is 13.8 Å². The van der Waals surface area contributed by atoms with Gasteiger partial charge < -0.3 is 18.9 Å². The molecule has 0 amide bonds. The van der Waals surface area contributed by atoms with E-state index in [9.17, 15) is 9.59 Å². The zero-order chi connectivity index (χ0) is 27.3. The molecule has 2 aromatic carbocycles. The highest BCUT2D eigenvalue weighted by Crippen LogP contribution is 2.45. The first-order chi connectivity index (χ1) is 16.7. The summed E-state index contributed by atoms with van der Waals surface area (Å²) in [5.41, 5.74) is 5.49. The van der Waals surface area contributed by atoms with Crippen molar-refractivity contribution in [1.82, 2.24) is 0 Å². The van der Waals surface area contributed by atoms with E-state index < -0.39 is 11.9 Å². The molecule has 6 nitrogen and oxygen atoms in total. The second-order valence-electron chi connectivity index (χ2n) is 11.0. The molecule has 6 heteroatoms. The molecule has 0 atom stereocenters.